The van der Waals surface area contributed by atoms with Crippen LogP contribution in [0.25, 0.3) is 6.08 Å². The number of esters is 1. The van der Waals surface area contributed by atoms with Crippen molar-refractivity contribution in [3.8, 4) is 11.5 Å². The number of Topliss-reactive ketones (excluding diaryl/α,β-unsaturated/α-hetero) is 1. The third-order valence-electron chi connectivity index (χ3n) is 6.29. The second kappa shape index (κ2) is 9.56. The van der Waals surface area contributed by atoms with Gasteiger partial charge in [0.05, 0.1) is 18.2 Å². The van der Waals surface area contributed by atoms with Gasteiger partial charge in [-0.25, -0.2) is 4.79 Å². The van der Waals surface area contributed by atoms with E-state index in [1.54, 1.807) is 30.3 Å². The van der Waals surface area contributed by atoms with Crippen molar-refractivity contribution >= 4 is 29.4 Å². The standard InChI is InChI=1S/C28H24ClNO5/c1-17-26-21(15-30(16-34-26)12-11-19-5-3-4-6-23(19)29)14-22-25(31)24(35-27(17)22)13-18-7-9-20(10-8-18)28(32)33-2/h3-10,13-14H,11-12,15-16H2,1-2H3/b24-13-. The van der Waals surface area contributed by atoms with E-state index < -0.39 is 5.97 Å². The van der Waals surface area contributed by atoms with Gasteiger partial charge in [-0.1, -0.05) is 41.9 Å². The van der Waals surface area contributed by atoms with Crippen molar-refractivity contribution in [2.45, 2.75) is 19.9 Å². The first kappa shape index (κ1) is 23.1. The van der Waals surface area contributed by atoms with Crippen LogP contribution in [0.2, 0.25) is 5.02 Å². The molecule has 7 heteroatoms. The zero-order valence-corrected chi connectivity index (χ0v) is 20.2. The molecule has 6 nitrogen and oxygen atoms in total. The minimum Gasteiger partial charge on any atom is -0.477 e. The summed E-state index contributed by atoms with van der Waals surface area (Å²) in [7, 11) is 1.34. The molecule has 5 rings (SSSR count). The van der Waals surface area contributed by atoms with E-state index in [1.807, 2.05) is 37.3 Å². The monoisotopic (exact) mass is 489 g/mol. The molecule has 0 radical (unpaired) electrons. The van der Waals surface area contributed by atoms with Crippen LogP contribution in [-0.4, -0.2) is 37.0 Å². The second-order valence-electron chi connectivity index (χ2n) is 8.59. The van der Waals surface area contributed by atoms with Gasteiger partial charge in [0.25, 0.3) is 0 Å². The Morgan fingerprint density at radius 3 is 2.66 bits per heavy atom. The van der Waals surface area contributed by atoms with Gasteiger partial charge in [0.1, 0.15) is 18.2 Å². The summed E-state index contributed by atoms with van der Waals surface area (Å²) in [5, 5.41) is 0.765. The Balaban J connectivity index is 1.34. The molecule has 0 unspecified atom stereocenters. The smallest absolute Gasteiger partial charge is 0.337 e. The van der Waals surface area contributed by atoms with Crippen molar-refractivity contribution in [3.05, 3.63) is 98.8 Å². The highest BCUT2D eigenvalue weighted by atomic mass is 35.5. The van der Waals surface area contributed by atoms with Crippen molar-refractivity contribution in [1.29, 1.82) is 0 Å². The fourth-order valence-corrected chi connectivity index (χ4v) is 4.63. The van der Waals surface area contributed by atoms with Gasteiger partial charge in [-0.15, -0.1) is 0 Å². The summed E-state index contributed by atoms with van der Waals surface area (Å²) >= 11 is 6.30. The first-order valence-electron chi connectivity index (χ1n) is 11.3. The van der Waals surface area contributed by atoms with Crippen molar-refractivity contribution in [3.63, 3.8) is 0 Å². The van der Waals surface area contributed by atoms with Gasteiger partial charge in [-0.05, 0) is 54.8 Å². The number of allylic oxidation sites excluding steroid dienone is 1. The number of carbonyl (C=O) groups excluding carboxylic acids is 2. The fraction of sp³-hybridized carbons (Fsp3) is 0.214. The van der Waals surface area contributed by atoms with Crippen LogP contribution in [0, 0.1) is 6.92 Å². The van der Waals surface area contributed by atoms with Crippen LogP contribution in [0.1, 0.15) is 43.0 Å². The van der Waals surface area contributed by atoms with E-state index in [4.69, 9.17) is 25.8 Å². The predicted molar refractivity (Wildman–Crippen MR) is 133 cm³/mol. The number of ketones is 1. The number of rotatable bonds is 5. The van der Waals surface area contributed by atoms with Gasteiger partial charge in [0, 0.05) is 29.2 Å². The van der Waals surface area contributed by atoms with E-state index in [2.05, 4.69) is 4.90 Å². The summed E-state index contributed by atoms with van der Waals surface area (Å²) in [6, 6.07) is 16.5. The van der Waals surface area contributed by atoms with Gasteiger partial charge >= 0.3 is 5.97 Å². The lowest BCUT2D eigenvalue weighted by Gasteiger charge is -2.30. The Labute approximate surface area is 208 Å². The number of hydrogen-bond donors (Lipinski definition) is 0. The Bertz CT molecular complexity index is 1350. The van der Waals surface area contributed by atoms with Gasteiger partial charge in [0.2, 0.25) is 5.78 Å². The molecule has 3 aromatic carbocycles. The summed E-state index contributed by atoms with van der Waals surface area (Å²) in [6.07, 6.45) is 2.49. The number of methoxy groups -OCH3 is 1. The van der Waals surface area contributed by atoms with E-state index in [1.165, 1.54) is 7.11 Å². The molecular formula is C28H24ClNO5. The lowest BCUT2D eigenvalue weighted by atomic mass is 9.99. The van der Waals surface area contributed by atoms with Gasteiger partial charge in [0.15, 0.2) is 5.76 Å². The molecule has 35 heavy (non-hydrogen) atoms. The van der Waals surface area contributed by atoms with E-state index in [-0.39, 0.29) is 11.5 Å². The lowest BCUT2D eigenvalue weighted by molar-refractivity contribution is 0.0600. The molecule has 3 aromatic rings. The number of hydrogen-bond acceptors (Lipinski definition) is 6. The molecule has 0 saturated carbocycles. The van der Waals surface area contributed by atoms with Crippen LogP contribution < -0.4 is 9.47 Å². The number of ether oxygens (including phenoxy) is 3. The Kier molecular flexibility index (Phi) is 6.32. The molecule has 0 bridgehead atoms. The summed E-state index contributed by atoms with van der Waals surface area (Å²) < 4.78 is 16.8. The molecule has 0 N–H and O–H groups in total. The first-order valence-corrected chi connectivity index (χ1v) is 11.7. The van der Waals surface area contributed by atoms with Crippen LogP contribution in [0.5, 0.6) is 11.5 Å². The van der Waals surface area contributed by atoms with Crippen molar-refractivity contribution in [2.24, 2.45) is 0 Å². The van der Waals surface area contributed by atoms with Gasteiger partial charge in [-0.3, -0.25) is 9.69 Å². The third kappa shape index (κ3) is 4.55. The third-order valence-corrected chi connectivity index (χ3v) is 6.66. The van der Waals surface area contributed by atoms with E-state index >= 15 is 0 Å². The molecule has 0 spiro atoms. The number of benzene rings is 3. The summed E-state index contributed by atoms with van der Waals surface area (Å²) in [4.78, 5) is 27.0. The molecule has 2 aliphatic rings. The maximum atomic E-state index is 13.2. The Hall–Kier alpha value is -3.61. The number of nitrogens with zero attached hydrogens (tertiary/aromatic N) is 1. The number of fused-ring (bicyclic) bond motifs is 2. The maximum Gasteiger partial charge on any atom is 0.337 e. The second-order valence-corrected chi connectivity index (χ2v) is 8.99. The zero-order valence-electron chi connectivity index (χ0n) is 19.5. The van der Waals surface area contributed by atoms with Gasteiger partial charge in [-0.2, -0.15) is 0 Å². The Morgan fingerprint density at radius 1 is 1.14 bits per heavy atom. The summed E-state index contributed by atoms with van der Waals surface area (Å²) in [5.41, 5.74) is 4.61. The SMILES string of the molecule is COC(=O)c1ccc(/C=C2\Oc3c(cc4c(c3C)OCN(CCc3ccccc3Cl)C4)C2=O)cc1. The number of carbonyl (C=O) groups is 2. The van der Waals surface area contributed by atoms with Crippen LogP contribution in [0.3, 0.4) is 0 Å². The van der Waals surface area contributed by atoms with Crippen molar-refractivity contribution in [1.82, 2.24) is 4.90 Å². The van der Waals surface area contributed by atoms with E-state index in [0.29, 0.717) is 30.2 Å². The largest absolute Gasteiger partial charge is 0.477 e. The Morgan fingerprint density at radius 2 is 1.91 bits per heavy atom. The van der Waals surface area contributed by atoms with Crippen LogP contribution in [-0.2, 0) is 17.7 Å². The highest BCUT2D eigenvalue weighted by Crippen LogP contribution is 2.43. The molecule has 0 amide bonds. The first-order chi connectivity index (χ1) is 16.9. The highest BCUT2D eigenvalue weighted by Gasteiger charge is 2.33. The van der Waals surface area contributed by atoms with Gasteiger partial charge < -0.3 is 14.2 Å². The van der Waals surface area contributed by atoms with E-state index in [9.17, 15) is 9.59 Å². The average molecular weight is 490 g/mol. The number of halogens is 1. The molecule has 0 fully saturated rings. The van der Waals surface area contributed by atoms with Crippen molar-refractivity contribution in [2.75, 3.05) is 20.4 Å². The average Bonchev–Trinajstić information content (AvgIpc) is 3.18. The lowest BCUT2D eigenvalue weighted by Crippen LogP contribution is -2.34. The molecule has 0 aromatic heterocycles. The maximum absolute atomic E-state index is 13.2. The summed E-state index contributed by atoms with van der Waals surface area (Å²) in [5.74, 6) is 0.972. The normalized spacial score (nSPS) is 15.9. The quantitative estimate of drug-likeness (QED) is 0.351. The minimum atomic E-state index is -0.410. The fourth-order valence-electron chi connectivity index (χ4n) is 4.40. The highest BCUT2D eigenvalue weighted by molar-refractivity contribution is 6.31. The zero-order chi connectivity index (χ0) is 24.5. The topological polar surface area (TPSA) is 65.1 Å². The minimum absolute atomic E-state index is 0.170. The van der Waals surface area contributed by atoms with Crippen molar-refractivity contribution < 1.29 is 23.8 Å². The summed E-state index contributed by atoms with van der Waals surface area (Å²) in [6.45, 7) is 3.84. The van der Waals surface area contributed by atoms with E-state index in [0.717, 1.165) is 46.0 Å². The molecular weight excluding hydrogens is 466 g/mol. The molecule has 0 aliphatic carbocycles. The van der Waals surface area contributed by atoms with Crippen LogP contribution in [0.4, 0.5) is 0 Å². The predicted octanol–water partition coefficient (Wildman–Crippen LogP) is 5.45. The molecule has 178 valence electrons. The van der Waals surface area contributed by atoms with Crippen LogP contribution in [0.15, 0.2) is 60.4 Å². The molecule has 2 heterocycles. The molecule has 2 aliphatic heterocycles. The molecule has 0 saturated heterocycles. The molecule has 0 atom stereocenters. The van der Waals surface area contributed by atoms with Crippen LogP contribution >= 0.6 is 11.6 Å².